The maximum absolute atomic E-state index is 5.62. The summed E-state index contributed by atoms with van der Waals surface area (Å²) in [6.45, 7) is 36.4. The normalized spacial score (nSPS) is 12.6. The average molecular weight is 1320 g/mol. The quantitative estimate of drug-likeness (QED) is 0.0767. The maximum Gasteiger partial charge on any atom is 0.161 e. The van der Waals surface area contributed by atoms with Crippen molar-refractivity contribution in [1.82, 2.24) is 12.7 Å². The molecule has 0 aliphatic rings. The predicted octanol–water partition coefficient (Wildman–Crippen LogP) is 23.5. The Bertz CT molecular complexity index is 4510. The fourth-order valence-corrected chi connectivity index (χ4v) is 19.5. The molecule has 0 saturated heterocycles. The molecule has 0 saturated carbocycles. The third-order valence-electron chi connectivity index (χ3n) is 20.4. The van der Waals surface area contributed by atoms with Gasteiger partial charge in [-0.25, -0.2) is 0 Å². The Balaban J connectivity index is 0.000000190. The maximum atomic E-state index is 5.62. The van der Waals surface area contributed by atoms with E-state index >= 15 is 0 Å². The van der Waals surface area contributed by atoms with Crippen molar-refractivity contribution in [3.8, 4) is 0 Å². The van der Waals surface area contributed by atoms with Crippen LogP contribution in [0.2, 0.25) is 54.4 Å². The molecule has 13 aromatic rings. The van der Waals surface area contributed by atoms with Crippen molar-refractivity contribution in [3.05, 3.63) is 251 Å². The van der Waals surface area contributed by atoms with Crippen LogP contribution in [0.25, 0.3) is 65.4 Å². The summed E-state index contributed by atoms with van der Waals surface area (Å²) < 4.78 is 9.16. The van der Waals surface area contributed by atoms with Crippen molar-refractivity contribution in [1.29, 1.82) is 0 Å². The van der Waals surface area contributed by atoms with Crippen LogP contribution in [0, 0.1) is 0 Å². The predicted molar refractivity (Wildman–Crippen MR) is 411 cm³/mol. The first-order valence-corrected chi connectivity index (χ1v) is 41.8. The minimum absolute atomic E-state index is 0.209. The fourth-order valence-electron chi connectivity index (χ4n) is 12.3. The molecule has 0 amide bonds. The van der Waals surface area contributed by atoms with Gasteiger partial charge in [-0.2, -0.15) is 0 Å². The molecule has 3 aromatic heterocycles. The number of fused-ring (bicyclic) bond motifs is 9. The zero-order valence-corrected chi connectivity index (χ0v) is 60.7. The number of anilines is 6. The Morgan fingerprint density at radius 2 is 0.560 bits per heavy atom. The van der Waals surface area contributed by atoms with Gasteiger partial charge in [0.2, 0.25) is 0 Å². The van der Waals surface area contributed by atoms with Crippen LogP contribution in [0.4, 0.5) is 34.1 Å². The van der Waals surface area contributed by atoms with Gasteiger partial charge in [0.15, 0.2) is 24.7 Å². The molecule has 0 bridgehead atoms. The number of halogens is 1. The summed E-state index contributed by atoms with van der Waals surface area (Å²) >= 11 is 3.64. The van der Waals surface area contributed by atoms with Crippen molar-refractivity contribution in [2.24, 2.45) is 0 Å². The van der Waals surface area contributed by atoms with Crippen molar-refractivity contribution in [3.63, 3.8) is 0 Å². The topological polar surface area (TPSA) is 90.9 Å². The molecule has 0 aliphatic heterocycles. The van der Waals surface area contributed by atoms with Crippen molar-refractivity contribution in [2.75, 3.05) is 22.1 Å². The van der Waals surface area contributed by atoms with E-state index in [0.29, 0.717) is 5.04 Å². The van der Waals surface area contributed by atoms with Crippen molar-refractivity contribution in [2.45, 2.75) is 130 Å². The molecule has 13 rings (SSSR count). The number of nitrogen functional groups attached to an aromatic ring is 2. The number of nitrogens with two attached hydrogens (primary N) is 2. The summed E-state index contributed by atoms with van der Waals surface area (Å²) in [6, 6.07) is 80.7. The molecule has 0 aliphatic carbocycles. The smallest absolute Gasteiger partial charge is 0.161 e. The minimum Gasteiger partial charge on any atom is -0.399 e. The molecule has 3 heterocycles. The van der Waals surface area contributed by atoms with E-state index in [0.717, 1.165) is 51.4 Å². The molecule has 7 nitrogen and oxygen atoms in total. The Morgan fingerprint density at radius 3 is 0.868 bits per heavy atom. The molecular weight excluding hydrogens is 1220 g/mol. The lowest BCUT2D eigenvalue weighted by Gasteiger charge is -2.39. The Labute approximate surface area is 551 Å². The molecule has 0 atom stereocenters. The number of para-hydroxylation sites is 3. The molecule has 11 heteroatoms. The first kappa shape index (κ1) is 64.5. The van der Waals surface area contributed by atoms with Crippen LogP contribution in [0.15, 0.2) is 229 Å². The highest BCUT2D eigenvalue weighted by molar-refractivity contribution is 9.10. The van der Waals surface area contributed by atoms with E-state index in [1.54, 1.807) is 0 Å². The summed E-state index contributed by atoms with van der Waals surface area (Å²) in [6.07, 6.45) is 1.80. The van der Waals surface area contributed by atoms with Gasteiger partial charge in [-0.05, 0) is 153 Å². The molecular formula is C80H92BrN7Si3. The van der Waals surface area contributed by atoms with Gasteiger partial charge in [-0.15, -0.1) is 0 Å². The number of nitrogens with one attached hydrogen (secondary N) is 2. The molecule has 6 N–H and O–H groups in total. The van der Waals surface area contributed by atoms with E-state index in [2.05, 4.69) is 317 Å². The van der Waals surface area contributed by atoms with Crippen LogP contribution in [-0.4, -0.2) is 37.4 Å². The van der Waals surface area contributed by atoms with Gasteiger partial charge in [0.05, 0.1) is 0 Å². The van der Waals surface area contributed by atoms with Gasteiger partial charge < -0.3 is 34.8 Å². The van der Waals surface area contributed by atoms with Crippen molar-refractivity contribution >= 4 is 140 Å². The summed E-state index contributed by atoms with van der Waals surface area (Å²) in [5.41, 5.74) is 30.5. The summed E-state index contributed by atoms with van der Waals surface area (Å²) in [4.78, 5) is 0. The lowest BCUT2D eigenvalue weighted by molar-refractivity contribution is 0.705. The second-order valence-electron chi connectivity index (χ2n) is 29.6. The van der Waals surface area contributed by atoms with Crippen LogP contribution in [0.3, 0.4) is 0 Å². The molecule has 10 aromatic carbocycles. The molecule has 91 heavy (non-hydrogen) atoms. The second-order valence-corrected chi connectivity index (χ2v) is 45.7. The molecule has 0 radical (unpaired) electrons. The highest BCUT2D eigenvalue weighted by Crippen LogP contribution is 2.46. The second kappa shape index (κ2) is 24.9. The van der Waals surface area contributed by atoms with Crippen LogP contribution in [0.1, 0.15) is 84.6 Å². The molecule has 466 valence electrons. The largest absolute Gasteiger partial charge is 0.399 e. The third-order valence-corrected chi connectivity index (χ3v) is 36.7. The van der Waals surface area contributed by atoms with Crippen LogP contribution in [0.5, 0.6) is 0 Å². The standard InChI is InChI=1S/C49H56N4Si2.C18H22BrNSi.C13H14N2/c1-48(2,3)54(7,8)52-44-17-13-11-15-40(44)42-29-27-38(32-46(42)52)50-36-23-19-34(20-24-36)31-35-21-25-37(26-22-35)51-39-28-30-43-41-16-12-14-18-45(41)53(47(43)33-39)55(9,10)49(4,5)6;1-18(2,3)21(4,5)20-16-9-7-6-8-14(16)15-11-10-13(19)12-17(15)20;14-12-5-1-10(2-6-12)9-11-3-7-13(15)8-4-11/h11-30,32-33,50-51H,31H2,1-10H3;6-12H,1-5H3;1-8H,9,14-15H2. The monoisotopic (exact) mass is 1310 g/mol. The number of hydrogen-bond acceptors (Lipinski definition) is 4. The zero-order valence-electron chi connectivity index (χ0n) is 56.2. The highest BCUT2D eigenvalue weighted by atomic mass is 79.9. The van der Waals surface area contributed by atoms with Gasteiger partial charge in [-0.1, -0.05) is 239 Å². The number of rotatable bonds is 11. The van der Waals surface area contributed by atoms with Crippen molar-refractivity contribution < 1.29 is 0 Å². The zero-order chi connectivity index (χ0) is 65.0. The number of benzene rings is 10. The molecule has 0 unspecified atom stereocenters. The molecule has 0 spiro atoms. The molecule has 0 fully saturated rings. The SMILES string of the molecule is CC(C)(C)[Si](C)(C)n1c2ccccc2c2ccc(Br)cc21.CC(C)(C)[Si](C)(C)n1c2ccccc2c2ccc(Nc3ccc(Cc4ccc(Nc5ccc6c7ccccc7n([Si](C)(C)C(C)(C)C)c6c5)cc4)cc3)cc21.Nc1ccc(Cc2ccc(N)cc2)cc1. The van der Waals surface area contributed by atoms with E-state index in [4.69, 9.17) is 11.5 Å². The Kier molecular flexibility index (Phi) is 17.6. The van der Waals surface area contributed by atoms with Gasteiger partial charge in [0.1, 0.15) is 0 Å². The Hall–Kier alpha value is -8.07. The fraction of sp³-hybridized carbons (Fsp3) is 0.250. The summed E-state index contributed by atoms with van der Waals surface area (Å²) in [7, 11) is -5.46. The summed E-state index contributed by atoms with van der Waals surface area (Å²) in [5, 5.41) is 16.2. The first-order chi connectivity index (χ1) is 43.0. The van der Waals surface area contributed by atoms with Gasteiger partial charge in [0.25, 0.3) is 0 Å². The highest BCUT2D eigenvalue weighted by Gasteiger charge is 2.42. The van der Waals surface area contributed by atoms with E-state index < -0.39 is 24.7 Å². The summed E-state index contributed by atoms with van der Waals surface area (Å²) in [5.74, 6) is 0. The number of aromatic nitrogens is 3. The number of hydrogen-bond donors (Lipinski definition) is 4. The van der Waals surface area contributed by atoms with E-state index in [-0.39, 0.29) is 10.1 Å². The lowest BCUT2D eigenvalue weighted by Crippen LogP contribution is -2.45. The van der Waals surface area contributed by atoms with Crippen LogP contribution < -0.4 is 22.1 Å². The third kappa shape index (κ3) is 13.0. The van der Waals surface area contributed by atoms with Gasteiger partial charge in [-0.3, -0.25) is 0 Å². The first-order valence-electron chi connectivity index (χ1n) is 32.2. The Morgan fingerprint density at radius 1 is 0.308 bits per heavy atom. The van der Waals surface area contributed by atoms with Gasteiger partial charge in [0, 0.05) is 104 Å². The average Bonchev–Trinajstić information content (AvgIpc) is 1.61. The van der Waals surface area contributed by atoms with Crippen LogP contribution >= 0.6 is 15.9 Å². The van der Waals surface area contributed by atoms with E-state index in [9.17, 15) is 0 Å². The van der Waals surface area contributed by atoms with E-state index in [1.807, 2.05) is 48.5 Å². The lowest BCUT2D eigenvalue weighted by atomic mass is 10.0. The van der Waals surface area contributed by atoms with Gasteiger partial charge >= 0.3 is 0 Å². The van der Waals surface area contributed by atoms with E-state index in [1.165, 1.54) is 87.7 Å². The minimum atomic E-state index is -1.89. The number of nitrogens with zero attached hydrogens (tertiary/aromatic N) is 3. The van der Waals surface area contributed by atoms with Crippen LogP contribution in [-0.2, 0) is 12.8 Å².